The number of nitrogens with one attached hydrogen (secondary N) is 1. The fraction of sp³-hybridized carbons (Fsp3) is 0.688. The van der Waals surface area contributed by atoms with Crippen LogP contribution in [0.15, 0.2) is 12.3 Å². The number of aromatic nitrogens is 1. The van der Waals surface area contributed by atoms with Crippen LogP contribution >= 0.6 is 0 Å². The third-order valence-electron chi connectivity index (χ3n) is 3.75. The van der Waals surface area contributed by atoms with Gasteiger partial charge in [0.1, 0.15) is 0 Å². The maximum absolute atomic E-state index is 5.37. The van der Waals surface area contributed by atoms with E-state index >= 15 is 0 Å². The summed E-state index contributed by atoms with van der Waals surface area (Å²) in [5.41, 5.74) is 2.45. The van der Waals surface area contributed by atoms with Crippen LogP contribution in [-0.4, -0.2) is 31.9 Å². The summed E-state index contributed by atoms with van der Waals surface area (Å²) in [6.07, 6.45) is 7.69. The van der Waals surface area contributed by atoms with E-state index in [1.165, 1.54) is 24.0 Å². The van der Waals surface area contributed by atoms with E-state index in [0.29, 0.717) is 12.1 Å². The number of methoxy groups -OCH3 is 2. The van der Waals surface area contributed by atoms with E-state index in [4.69, 9.17) is 9.47 Å². The number of hydrogen-bond acceptors (Lipinski definition) is 4. The van der Waals surface area contributed by atoms with E-state index in [0.717, 1.165) is 31.7 Å². The monoisotopic (exact) mass is 278 g/mol. The first kappa shape index (κ1) is 15.3. The van der Waals surface area contributed by atoms with Crippen LogP contribution in [0.1, 0.15) is 49.8 Å². The molecule has 1 N–H and O–H groups in total. The molecule has 0 spiro atoms. The highest BCUT2D eigenvalue weighted by atomic mass is 16.5. The summed E-state index contributed by atoms with van der Waals surface area (Å²) < 4.78 is 10.5. The van der Waals surface area contributed by atoms with Crippen molar-refractivity contribution in [2.75, 3.05) is 20.8 Å². The smallest absolute Gasteiger partial charge is 0.216 e. The van der Waals surface area contributed by atoms with E-state index < -0.39 is 0 Å². The maximum Gasteiger partial charge on any atom is 0.216 e. The van der Waals surface area contributed by atoms with Gasteiger partial charge in [-0.2, -0.15) is 0 Å². The van der Waals surface area contributed by atoms with Crippen LogP contribution in [0.25, 0.3) is 0 Å². The Labute approximate surface area is 121 Å². The Morgan fingerprint density at radius 1 is 1.35 bits per heavy atom. The second kappa shape index (κ2) is 7.60. The molecule has 0 radical (unpaired) electrons. The molecule has 4 nitrogen and oxygen atoms in total. The van der Waals surface area contributed by atoms with E-state index in [9.17, 15) is 0 Å². The lowest BCUT2D eigenvalue weighted by Gasteiger charge is -2.16. The molecule has 20 heavy (non-hydrogen) atoms. The highest BCUT2D eigenvalue weighted by Gasteiger charge is 2.23. The molecule has 1 aliphatic carbocycles. The Kier molecular flexibility index (Phi) is 5.80. The summed E-state index contributed by atoms with van der Waals surface area (Å²) in [5, 5.41) is 3.61. The van der Waals surface area contributed by atoms with Crippen LogP contribution in [-0.2, 0) is 11.2 Å². The topological polar surface area (TPSA) is 43.4 Å². The lowest BCUT2D eigenvalue weighted by molar-refractivity contribution is 0.193. The fourth-order valence-corrected chi connectivity index (χ4v) is 2.38. The molecule has 0 aliphatic heterocycles. The number of pyridine rings is 1. The predicted molar refractivity (Wildman–Crippen MR) is 80.2 cm³/mol. The third-order valence-corrected chi connectivity index (χ3v) is 3.75. The number of nitrogens with zero attached hydrogens (tertiary/aromatic N) is 1. The zero-order chi connectivity index (χ0) is 14.4. The number of hydrogen-bond donors (Lipinski definition) is 1. The Hall–Kier alpha value is -1.13. The minimum atomic E-state index is 0.360. The van der Waals surface area contributed by atoms with Crippen molar-refractivity contribution in [3.8, 4) is 5.88 Å². The lowest BCUT2D eigenvalue weighted by atomic mass is 10.0. The molecule has 0 amide bonds. The normalized spacial score (nSPS) is 16.1. The van der Waals surface area contributed by atoms with Gasteiger partial charge >= 0.3 is 0 Å². The van der Waals surface area contributed by atoms with Gasteiger partial charge in [-0.1, -0.05) is 0 Å². The first-order chi connectivity index (χ1) is 9.74. The molecule has 0 saturated heterocycles. The summed E-state index contributed by atoms with van der Waals surface area (Å²) >= 11 is 0. The van der Waals surface area contributed by atoms with Gasteiger partial charge in [-0.05, 0) is 50.7 Å². The van der Waals surface area contributed by atoms with Crippen molar-refractivity contribution >= 4 is 0 Å². The van der Waals surface area contributed by atoms with Gasteiger partial charge < -0.3 is 14.8 Å². The SMILES string of the molecule is COCCCCc1cc(C(C)NC2CC2)cnc1OC. The molecule has 0 bridgehead atoms. The van der Waals surface area contributed by atoms with Gasteiger partial charge in [0.25, 0.3) is 0 Å². The molecular weight excluding hydrogens is 252 g/mol. The van der Waals surface area contributed by atoms with Crippen LogP contribution in [0, 0.1) is 0 Å². The summed E-state index contributed by atoms with van der Waals surface area (Å²) in [4.78, 5) is 4.45. The van der Waals surface area contributed by atoms with Crippen LogP contribution in [0.4, 0.5) is 0 Å². The molecule has 1 aliphatic rings. The Bertz CT molecular complexity index is 419. The van der Waals surface area contributed by atoms with Crippen molar-refractivity contribution in [3.05, 3.63) is 23.4 Å². The zero-order valence-corrected chi connectivity index (χ0v) is 12.8. The minimum Gasteiger partial charge on any atom is -0.481 e. The van der Waals surface area contributed by atoms with Gasteiger partial charge in [-0.15, -0.1) is 0 Å². The molecule has 1 fully saturated rings. The van der Waals surface area contributed by atoms with Crippen molar-refractivity contribution < 1.29 is 9.47 Å². The van der Waals surface area contributed by atoms with Gasteiger partial charge in [-0.3, -0.25) is 0 Å². The predicted octanol–water partition coefficient (Wildman–Crippen LogP) is 2.87. The molecule has 0 aromatic carbocycles. The Balaban J connectivity index is 1.98. The van der Waals surface area contributed by atoms with Crippen LogP contribution in [0.5, 0.6) is 5.88 Å². The summed E-state index contributed by atoms with van der Waals surface area (Å²) in [6.45, 7) is 3.02. The average Bonchev–Trinajstić information content (AvgIpc) is 3.27. The molecule has 1 saturated carbocycles. The summed E-state index contributed by atoms with van der Waals surface area (Å²) in [6, 6.07) is 3.30. The molecule has 2 rings (SSSR count). The molecule has 1 aromatic heterocycles. The van der Waals surface area contributed by atoms with Crippen molar-refractivity contribution in [1.82, 2.24) is 10.3 Å². The highest BCUT2D eigenvalue weighted by Crippen LogP contribution is 2.26. The van der Waals surface area contributed by atoms with Crippen molar-refractivity contribution in [2.24, 2.45) is 0 Å². The van der Waals surface area contributed by atoms with Gasteiger partial charge in [0.2, 0.25) is 5.88 Å². The molecule has 112 valence electrons. The average molecular weight is 278 g/mol. The van der Waals surface area contributed by atoms with Gasteiger partial charge in [0.15, 0.2) is 0 Å². The van der Waals surface area contributed by atoms with Crippen LogP contribution in [0.3, 0.4) is 0 Å². The Morgan fingerprint density at radius 3 is 2.80 bits per heavy atom. The second-order valence-corrected chi connectivity index (χ2v) is 5.55. The minimum absolute atomic E-state index is 0.360. The van der Waals surface area contributed by atoms with Crippen LogP contribution in [0.2, 0.25) is 0 Å². The largest absolute Gasteiger partial charge is 0.481 e. The summed E-state index contributed by atoms with van der Waals surface area (Å²) in [7, 11) is 3.43. The first-order valence-corrected chi connectivity index (χ1v) is 7.52. The molecule has 1 unspecified atom stereocenters. The van der Waals surface area contributed by atoms with E-state index in [2.05, 4.69) is 23.3 Å². The standard InChI is InChI=1S/C16H26N2O2/c1-12(18-15-7-8-15)14-10-13(6-4-5-9-19-2)16(20-3)17-11-14/h10-12,15,18H,4-9H2,1-3H3. The van der Waals surface area contributed by atoms with E-state index in [1.54, 1.807) is 14.2 Å². The summed E-state index contributed by atoms with van der Waals surface area (Å²) in [5.74, 6) is 0.754. The molecule has 4 heteroatoms. The molecule has 1 heterocycles. The maximum atomic E-state index is 5.37. The number of aryl methyl sites for hydroxylation is 1. The van der Waals surface area contributed by atoms with Crippen molar-refractivity contribution in [1.29, 1.82) is 0 Å². The fourth-order valence-electron chi connectivity index (χ4n) is 2.38. The van der Waals surface area contributed by atoms with Gasteiger partial charge in [-0.25, -0.2) is 4.98 Å². The molecular formula is C16H26N2O2. The van der Waals surface area contributed by atoms with Crippen molar-refractivity contribution in [2.45, 2.75) is 51.1 Å². The van der Waals surface area contributed by atoms with Gasteiger partial charge in [0.05, 0.1) is 7.11 Å². The number of unbranched alkanes of at least 4 members (excludes halogenated alkanes) is 1. The van der Waals surface area contributed by atoms with Crippen LogP contribution < -0.4 is 10.1 Å². The molecule has 1 aromatic rings. The third kappa shape index (κ3) is 4.46. The lowest BCUT2D eigenvalue weighted by Crippen LogP contribution is -2.21. The number of ether oxygens (including phenoxy) is 2. The van der Waals surface area contributed by atoms with E-state index in [-0.39, 0.29) is 0 Å². The van der Waals surface area contributed by atoms with E-state index in [1.807, 2.05) is 6.20 Å². The van der Waals surface area contributed by atoms with Crippen molar-refractivity contribution in [3.63, 3.8) is 0 Å². The highest BCUT2D eigenvalue weighted by molar-refractivity contribution is 5.31. The van der Waals surface area contributed by atoms with Gasteiger partial charge in [0, 0.05) is 37.6 Å². The number of rotatable bonds is 9. The zero-order valence-electron chi connectivity index (χ0n) is 12.8. The first-order valence-electron chi connectivity index (χ1n) is 7.52. The quantitative estimate of drug-likeness (QED) is 0.705. The second-order valence-electron chi connectivity index (χ2n) is 5.55. The molecule has 1 atom stereocenters. The Morgan fingerprint density at radius 2 is 2.15 bits per heavy atom.